The lowest BCUT2D eigenvalue weighted by Gasteiger charge is -2.17. The zero-order valence-electron chi connectivity index (χ0n) is 16.2. The topological polar surface area (TPSA) is 88.9 Å². The average Bonchev–Trinajstić information content (AvgIpc) is 3.36. The number of anilines is 1. The summed E-state index contributed by atoms with van der Waals surface area (Å²) in [6, 6.07) is 18.5. The standard InChI is InChI=1S/C23H20N2O5/c26-20-12-17-8-4-5-9-19(17)25(20)14-18-10-11-29-22(18)23(28)24-13-21(27)30-15-16-6-2-1-3-7-16/h1-11H,12-15H2,(H,24,28). The lowest BCUT2D eigenvalue weighted by molar-refractivity contribution is -0.143. The van der Waals surface area contributed by atoms with Gasteiger partial charge in [0.25, 0.3) is 5.91 Å². The fraction of sp³-hybridized carbons (Fsp3) is 0.174. The van der Waals surface area contributed by atoms with Crippen LogP contribution in [-0.2, 0) is 33.9 Å². The Hall–Kier alpha value is -3.87. The van der Waals surface area contributed by atoms with Crippen molar-refractivity contribution in [3.8, 4) is 0 Å². The highest BCUT2D eigenvalue weighted by atomic mass is 16.5. The van der Waals surface area contributed by atoms with Gasteiger partial charge in [-0.05, 0) is 23.3 Å². The summed E-state index contributed by atoms with van der Waals surface area (Å²) in [6.45, 7) is 0.0723. The minimum Gasteiger partial charge on any atom is -0.460 e. The second kappa shape index (κ2) is 8.65. The fourth-order valence-electron chi connectivity index (χ4n) is 3.34. The van der Waals surface area contributed by atoms with Crippen molar-refractivity contribution in [1.29, 1.82) is 0 Å². The summed E-state index contributed by atoms with van der Waals surface area (Å²) in [4.78, 5) is 38.4. The van der Waals surface area contributed by atoms with E-state index in [2.05, 4.69) is 5.32 Å². The number of rotatable bonds is 7. The largest absolute Gasteiger partial charge is 0.460 e. The van der Waals surface area contributed by atoms with Crippen molar-refractivity contribution in [2.24, 2.45) is 0 Å². The lowest BCUT2D eigenvalue weighted by atomic mass is 10.1. The number of amides is 2. The highest BCUT2D eigenvalue weighted by molar-refractivity contribution is 6.02. The van der Waals surface area contributed by atoms with Gasteiger partial charge in [0, 0.05) is 11.3 Å². The monoisotopic (exact) mass is 404 g/mol. The van der Waals surface area contributed by atoms with Gasteiger partial charge < -0.3 is 19.4 Å². The molecule has 2 amide bonds. The summed E-state index contributed by atoms with van der Waals surface area (Å²) in [5, 5.41) is 2.51. The summed E-state index contributed by atoms with van der Waals surface area (Å²) in [5.74, 6) is -1.05. The van der Waals surface area contributed by atoms with Crippen LogP contribution in [-0.4, -0.2) is 24.3 Å². The molecule has 4 rings (SSSR count). The van der Waals surface area contributed by atoms with Crippen LogP contribution >= 0.6 is 0 Å². The molecule has 0 fully saturated rings. The molecule has 2 heterocycles. The molecule has 152 valence electrons. The molecular weight excluding hydrogens is 384 g/mol. The van der Waals surface area contributed by atoms with E-state index in [9.17, 15) is 14.4 Å². The first kappa shape index (κ1) is 19.4. The van der Waals surface area contributed by atoms with E-state index in [0.717, 1.165) is 16.8 Å². The maximum atomic E-state index is 12.5. The number of ether oxygens (including phenoxy) is 1. The highest BCUT2D eigenvalue weighted by Gasteiger charge is 2.28. The van der Waals surface area contributed by atoms with Crippen molar-refractivity contribution in [2.45, 2.75) is 19.6 Å². The molecule has 7 heteroatoms. The SMILES string of the molecule is O=C(CNC(=O)c1occc1CN1C(=O)Cc2ccccc21)OCc1ccccc1. The zero-order valence-corrected chi connectivity index (χ0v) is 16.2. The van der Waals surface area contributed by atoms with Crippen LogP contribution in [0.3, 0.4) is 0 Å². The lowest BCUT2D eigenvalue weighted by Crippen LogP contribution is -2.32. The van der Waals surface area contributed by atoms with Gasteiger partial charge in [-0.3, -0.25) is 14.4 Å². The van der Waals surface area contributed by atoms with E-state index in [-0.39, 0.29) is 31.4 Å². The molecule has 0 saturated heterocycles. The number of para-hydroxylation sites is 1. The van der Waals surface area contributed by atoms with Gasteiger partial charge in [0.05, 0.1) is 19.2 Å². The number of hydrogen-bond donors (Lipinski definition) is 1. The third-order valence-electron chi connectivity index (χ3n) is 4.84. The molecule has 0 spiro atoms. The van der Waals surface area contributed by atoms with Crippen LogP contribution in [0.25, 0.3) is 0 Å². The van der Waals surface area contributed by atoms with Gasteiger partial charge in [0.2, 0.25) is 5.91 Å². The summed E-state index contributed by atoms with van der Waals surface area (Å²) >= 11 is 0. The molecule has 0 saturated carbocycles. The zero-order chi connectivity index (χ0) is 20.9. The first-order chi connectivity index (χ1) is 14.6. The van der Waals surface area contributed by atoms with E-state index in [0.29, 0.717) is 12.0 Å². The second-order valence-electron chi connectivity index (χ2n) is 6.89. The molecule has 0 aliphatic carbocycles. The maximum absolute atomic E-state index is 12.5. The molecule has 1 aliphatic heterocycles. The summed E-state index contributed by atoms with van der Waals surface area (Å²) in [6.07, 6.45) is 1.73. The third kappa shape index (κ3) is 4.25. The van der Waals surface area contributed by atoms with Crippen LogP contribution in [0, 0.1) is 0 Å². The molecule has 1 aromatic heterocycles. The molecule has 2 aromatic carbocycles. The summed E-state index contributed by atoms with van der Waals surface area (Å²) in [5.41, 5.74) is 3.22. The van der Waals surface area contributed by atoms with E-state index in [1.165, 1.54) is 6.26 Å². The van der Waals surface area contributed by atoms with Gasteiger partial charge in [-0.15, -0.1) is 0 Å². The molecule has 1 aliphatic rings. The van der Waals surface area contributed by atoms with Gasteiger partial charge in [0.15, 0.2) is 5.76 Å². The van der Waals surface area contributed by atoms with Crippen LogP contribution < -0.4 is 10.2 Å². The smallest absolute Gasteiger partial charge is 0.325 e. The normalized spacial score (nSPS) is 12.5. The van der Waals surface area contributed by atoms with E-state index in [1.807, 2.05) is 54.6 Å². The number of nitrogens with zero attached hydrogens (tertiary/aromatic N) is 1. The third-order valence-corrected chi connectivity index (χ3v) is 4.84. The Kier molecular flexibility index (Phi) is 5.61. The molecule has 0 atom stereocenters. The summed E-state index contributed by atoms with van der Waals surface area (Å²) in [7, 11) is 0. The van der Waals surface area contributed by atoms with E-state index >= 15 is 0 Å². The van der Waals surface area contributed by atoms with Crippen LogP contribution in [0.1, 0.15) is 27.2 Å². The predicted molar refractivity (Wildman–Crippen MR) is 109 cm³/mol. The van der Waals surface area contributed by atoms with Crippen molar-refractivity contribution in [3.63, 3.8) is 0 Å². The van der Waals surface area contributed by atoms with Gasteiger partial charge in [-0.25, -0.2) is 0 Å². The summed E-state index contributed by atoms with van der Waals surface area (Å²) < 4.78 is 10.5. The number of benzene rings is 2. The highest BCUT2D eigenvalue weighted by Crippen LogP contribution is 2.30. The van der Waals surface area contributed by atoms with Crippen molar-refractivity contribution in [3.05, 3.63) is 89.4 Å². The Morgan fingerprint density at radius 1 is 1.03 bits per heavy atom. The Bertz CT molecular complexity index is 1070. The Labute approximate surface area is 173 Å². The number of carbonyl (C=O) groups excluding carboxylic acids is 3. The van der Waals surface area contributed by atoms with Crippen LogP contribution in [0.4, 0.5) is 5.69 Å². The fourth-order valence-corrected chi connectivity index (χ4v) is 3.34. The Balaban J connectivity index is 1.34. The van der Waals surface area contributed by atoms with E-state index in [4.69, 9.17) is 9.15 Å². The van der Waals surface area contributed by atoms with Gasteiger partial charge in [0.1, 0.15) is 13.2 Å². The van der Waals surface area contributed by atoms with Crippen molar-refractivity contribution in [1.82, 2.24) is 5.32 Å². The Morgan fingerprint density at radius 3 is 2.63 bits per heavy atom. The number of carbonyl (C=O) groups is 3. The molecular formula is C23H20N2O5. The van der Waals surface area contributed by atoms with Gasteiger partial charge >= 0.3 is 5.97 Å². The molecule has 1 N–H and O–H groups in total. The van der Waals surface area contributed by atoms with Crippen LogP contribution in [0.5, 0.6) is 0 Å². The number of nitrogens with one attached hydrogen (secondary N) is 1. The first-order valence-corrected chi connectivity index (χ1v) is 9.54. The minimum absolute atomic E-state index is 0.0340. The number of hydrogen-bond acceptors (Lipinski definition) is 5. The first-order valence-electron chi connectivity index (χ1n) is 9.54. The number of fused-ring (bicyclic) bond motifs is 1. The van der Waals surface area contributed by atoms with E-state index < -0.39 is 11.9 Å². The van der Waals surface area contributed by atoms with Crippen molar-refractivity contribution < 1.29 is 23.5 Å². The van der Waals surface area contributed by atoms with Gasteiger partial charge in [-0.2, -0.15) is 0 Å². The van der Waals surface area contributed by atoms with Crippen molar-refractivity contribution in [2.75, 3.05) is 11.4 Å². The Morgan fingerprint density at radius 2 is 1.80 bits per heavy atom. The van der Waals surface area contributed by atoms with E-state index in [1.54, 1.807) is 11.0 Å². The molecule has 0 radical (unpaired) electrons. The predicted octanol–water partition coefficient (Wildman–Crippen LogP) is 2.84. The maximum Gasteiger partial charge on any atom is 0.325 e. The average molecular weight is 404 g/mol. The van der Waals surface area contributed by atoms with Crippen LogP contribution in [0.15, 0.2) is 71.3 Å². The quantitative estimate of drug-likeness (QED) is 0.612. The van der Waals surface area contributed by atoms with Crippen LogP contribution in [0.2, 0.25) is 0 Å². The second-order valence-corrected chi connectivity index (χ2v) is 6.89. The molecule has 3 aromatic rings. The molecule has 0 unspecified atom stereocenters. The number of furan rings is 1. The molecule has 7 nitrogen and oxygen atoms in total. The van der Waals surface area contributed by atoms with Crippen molar-refractivity contribution >= 4 is 23.5 Å². The number of esters is 1. The van der Waals surface area contributed by atoms with Gasteiger partial charge in [-0.1, -0.05) is 48.5 Å². The molecule has 0 bridgehead atoms. The molecule has 30 heavy (non-hydrogen) atoms. The minimum atomic E-state index is -0.552.